The highest BCUT2D eigenvalue weighted by molar-refractivity contribution is 7.80. The minimum atomic E-state index is -0.372. The average molecular weight is 473 g/mol. The molecule has 4 aromatic carbocycles. The van der Waals surface area contributed by atoms with Crippen LogP contribution in [0.2, 0.25) is 0 Å². The summed E-state index contributed by atoms with van der Waals surface area (Å²) >= 11 is 13.6. The van der Waals surface area contributed by atoms with E-state index >= 15 is 0 Å². The molecule has 0 radical (unpaired) electrons. The van der Waals surface area contributed by atoms with Crippen molar-refractivity contribution in [3.8, 4) is 0 Å². The summed E-state index contributed by atoms with van der Waals surface area (Å²) in [6.07, 6.45) is 0. The topological polar surface area (TPSA) is 0 Å². The summed E-state index contributed by atoms with van der Waals surface area (Å²) in [6, 6.07) is 34.7. The Balaban J connectivity index is 2.09. The summed E-state index contributed by atoms with van der Waals surface area (Å²) in [5.41, 5.74) is 5.50. The standard InChI is InChI=1S/C29H28S3/c1-20-4-6-21(7-5-20)28(2,22-8-14-25(30)15-9-22)29(3,23-10-16-26(31)17-11-23)24-12-18-27(32)19-13-24/h4-19,30-32H,1-3H3. The molecule has 0 aliphatic carbocycles. The predicted octanol–water partition coefficient (Wildman–Crippen LogP) is 8.17. The highest BCUT2D eigenvalue weighted by Gasteiger charge is 2.49. The van der Waals surface area contributed by atoms with E-state index in [4.69, 9.17) is 0 Å². The van der Waals surface area contributed by atoms with Gasteiger partial charge in [-0.2, -0.15) is 0 Å². The van der Waals surface area contributed by atoms with Gasteiger partial charge < -0.3 is 0 Å². The fourth-order valence-corrected chi connectivity index (χ4v) is 5.21. The number of benzene rings is 4. The summed E-state index contributed by atoms with van der Waals surface area (Å²) in [6.45, 7) is 6.84. The average Bonchev–Trinajstić information content (AvgIpc) is 2.80. The Bertz CT molecular complexity index is 999. The van der Waals surface area contributed by atoms with Gasteiger partial charge in [-0.1, -0.05) is 80.1 Å². The monoisotopic (exact) mass is 472 g/mol. The van der Waals surface area contributed by atoms with Crippen LogP contribution in [-0.4, -0.2) is 0 Å². The molecule has 0 heterocycles. The van der Waals surface area contributed by atoms with Crippen molar-refractivity contribution in [2.75, 3.05) is 0 Å². The maximum absolute atomic E-state index is 4.55. The fourth-order valence-electron chi connectivity index (χ4n) is 4.76. The zero-order valence-electron chi connectivity index (χ0n) is 18.6. The van der Waals surface area contributed by atoms with Crippen LogP contribution in [0.1, 0.15) is 41.7 Å². The molecule has 0 aromatic heterocycles. The Morgan fingerprint density at radius 2 is 0.625 bits per heavy atom. The molecule has 0 aliphatic rings. The Morgan fingerprint density at radius 3 is 0.875 bits per heavy atom. The molecule has 0 amide bonds. The highest BCUT2D eigenvalue weighted by atomic mass is 32.1. The van der Waals surface area contributed by atoms with Gasteiger partial charge in [-0.15, -0.1) is 37.9 Å². The van der Waals surface area contributed by atoms with E-state index in [1.165, 1.54) is 27.8 Å². The third-order valence-electron chi connectivity index (χ3n) is 6.96. The smallest absolute Gasteiger partial charge is 0.0309 e. The van der Waals surface area contributed by atoms with Crippen LogP contribution in [0, 0.1) is 6.92 Å². The van der Waals surface area contributed by atoms with Gasteiger partial charge in [0.05, 0.1) is 0 Å². The Kier molecular flexibility index (Phi) is 6.53. The molecule has 0 spiro atoms. The van der Waals surface area contributed by atoms with Crippen LogP contribution in [0.4, 0.5) is 0 Å². The molecule has 0 fully saturated rings. The van der Waals surface area contributed by atoms with Crippen molar-refractivity contribution < 1.29 is 0 Å². The van der Waals surface area contributed by atoms with Crippen molar-refractivity contribution in [3.63, 3.8) is 0 Å². The van der Waals surface area contributed by atoms with Crippen LogP contribution < -0.4 is 0 Å². The first-order valence-corrected chi connectivity index (χ1v) is 12.0. The van der Waals surface area contributed by atoms with Gasteiger partial charge in [0.25, 0.3) is 0 Å². The summed E-state index contributed by atoms with van der Waals surface area (Å²) in [5.74, 6) is 0. The quantitative estimate of drug-likeness (QED) is 0.240. The molecule has 3 heteroatoms. The molecule has 1 atom stereocenters. The molecule has 1 unspecified atom stereocenters. The van der Waals surface area contributed by atoms with Crippen LogP contribution in [0.25, 0.3) is 0 Å². The number of hydrogen-bond acceptors (Lipinski definition) is 3. The van der Waals surface area contributed by atoms with E-state index < -0.39 is 0 Å². The molecule has 0 aliphatic heterocycles. The largest absolute Gasteiger partial charge is 0.143 e. The van der Waals surface area contributed by atoms with Crippen LogP contribution >= 0.6 is 37.9 Å². The second-order valence-corrected chi connectivity index (χ2v) is 10.3. The number of thiol groups is 3. The molecule has 0 saturated heterocycles. The lowest BCUT2D eigenvalue weighted by Crippen LogP contribution is -2.47. The van der Waals surface area contributed by atoms with E-state index in [0.717, 1.165) is 14.7 Å². The van der Waals surface area contributed by atoms with Crippen LogP contribution in [0.15, 0.2) is 112 Å². The van der Waals surface area contributed by atoms with E-state index in [1.807, 2.05) is 0 Å². The number of hydrogen-bond donors (Lipinski definition) is 3. The molecule has 0 N–H and O–H groups in total. The van der Waals surface area contributed by atoms with Gasteiger partial charge in [0.2, 0.25) is 0 Å². The Labute approximate surface area is 208 Å². The van der Waals surface area contributed by atoms with Crippen LogP contribution in [0.3, 0.4) is 0 Å². The van der Waals surface area contributed by atoms with E-state index in [-0.39, 0.29) is 10.8 Å². The Morgan fingerprint density at radius 1 is 0.406 bits per heavy atom. The first-order valence-electron chi connectivity index (χ1n) is 10.7. The van der Waals surface area contributed by atoms with Gasteiger partial charge in [-0.05, 0) is 65.6 Å². The number of rotatable bonds is 5. The summed E-state index contributed by atoms with van der Waals surface area (Å²) in [4.78, 5) is 2.87. The van der Waals surface area contributed by atoms with Gasteiger partial charge in [-0.25, -0.2) is 0 Å². The second-order valence-electron chi connectivity index (χ2n) is 8.76. The van der Waals surface area contributed by atoms with Crippen molar-refractivity contribution in [2.45, 2.75) is 46.3 Å². The lowest BCUT2D eigenvalue weighted by molar-refractivity contribution is 0.359. The van der Waals surface area contributed by atoms with E-state index in [1.54, 1.807) is 0 Å². The van der Waals surface area contributed by atoms with Crippen molar-refractivity contribution >= 4 is 37.9 Å². The van der Waals surface area contributed by atoms with Gasteiger partial charge in [-0.3, -0.25) is 0 Å². The maximum atomic E-state index is 4.55. The molecule has 0 bridgehead atoms. The minimum Gasteiger partial charge on any atom is -0.143 e. The van der Waals surface area contributed by atoms with Crippen molar-refractivity contribution in [1.29, 1.82) is 0 Å². The van der Waals surface area contributed by atoms with Crippen LogP contribution in [-0.2, 0) is 10.8 Å². The third kappa shape index (κ3) is 4.03. The van der Waals surface area contributed by atoms with Gasteiger partial charge in [0.15, 0.2) is 0 Å². The fraction of sp³-hybridized carbons (Fsp3) is 0.172. The van der Waals surface area contributed by atoms with Crippen molar-refractivity contribution in [2.24, 2.45) is 0 Å². The second kappa shape index (κ2) is 9.05. The van der Waals surface area contributed by atoms with Gasteiger partial charge in [0, 0.05) is 25.5 Å². The molecule has 162 valence electrons. The summed E-state index contributed by atoms with van der Waals surface area (Å²) in [7, 11) is 0. The molecular formula is C29H28S3. The van der Waals surface area contributed by atoms with Gasteiger partial charge >= 0.3 is 0 Å². The predicted molar refractivity (Wildman–Crippen MR) is 145 cm³/mol. The third-order valence-corrected chi connectivity index (χ3v) is 7.86. The zero-order valence-corrected chi connectivity index (χ0v) is 21.3. The first-order chi connectivity index (χ1) is 15.2. The van der Waals surface area contributed by atoms with Crippen molar-refractivity contribution in [3.05, 3.63) is 125 Å². The summed E-state index contributed by atoms with van der Waals surface area (Å²) in [5, 5.41) is 0. The highest BCUT2D eigenvalue weighted by Crippen LogP contribution is 2.53. The lowest BCUT2D eigenvalue weighted by atomic mass is 9.53. The summed E-state index contributed by atoms with van der Waals surface area (Å²) < 4.78 is 0. The molecule has 32 heavy (non-hydrogen) atoms. The molecule has 0 nitrogen and oxygen atoms in total. The zero-order chi connectivity index (χ0) is 22.9. The lowest BCUT2D eigenvalue weighted by Gasteiger charge is -2.49. The van der Waals surface area contributed by atoms with Gasteiger partial charge in [0.1, 0.15) is 0 Å². The van der Waals surface area contributed by atoms with Crippen molar-refractivity contribution in [1.82, 2.24) is 0 Å². The SMILES string of the molecule is Cc1ccc(C(C)(c2ccc(S)cc2)C(C)(c2ccc(S)cc2)c2ccc(S)cc2)cc1. The maximum Gasteiger partial charge on any atom is 0.0309 e. The Hall–Kier alpha value is -2.07. The molecule has 4 rings (SSSR count). The van der Waals surface area contributed by atoms with E-state index in [2.05, 4.69) is 156 Å². The first kappa shape index (κ1) is 23.1. The molecule has 4 aromatic rings. The molecular weight excluding hydrogens is 445 g/mol. The van der Waals surface area contributed by atoms with E-state index in [0.29, 0.717) is 0 Å². The normalized spacial score (nSPS) is 13.6. The minimum absolute atomic E-state index is 0.363. The molecule has 0 saturated carbocycles. The van der Waals surface area contributed by atoms with Crippen LogP contribution in [0.5, 0.6) is 0 Å². The number of aryl methyl sites for hydroxylation is 1. The van der Waals surface area contributed by atoms with E-state index in [9.17, 15) is 0 Å².